The monoisotopic (exact) mass is 431 g/mol. The van der Waals surface area contributed by atoms with Crippen molar-refractivity contribution in [2.45, 2.75) is 35.7 Å². The van der Waals surface area contributed by atoms with E-state index in [0.717, 1.165) is 18.6 Å². The molecule has 156 valence electrons. The Hall–Kier alpha value is -3.19. The smallest absolute Gasteiger partial charge is 0.278 e. The number of hydrogen-bond acceptors (Lipinski definition) is 5. The van der Waals surface area contributed by atoms with E-state index in [1.165, 1.54) is 27.7 Å². The molecule has 31 heavy (non-hydrogen) atoms. The van der Waals surface area contributed by atoms with Gasteiger partial charge in [-0.15, -0.1) is 11.8 Å². The van der Waals surface area contributed by atoms with Gasteiger partial charge in [-0.3, -0.25) is 19.3 Å². The highest BCUT2D eigenvalue weighted by Gasteiger charge is 2.46. The van der Waals surface area contributed by atoms with Gasteiger partial charge in [0.25, 0.3) is 5.91 Å². The van der Waals surface area contributed by atoms with Crippen LogP contribution in [0.4, 0.5) is 0 Å². The molecule has 2 aromatic carbocycles. The van der Waals surface area contributed by atoms with Crippen molar-refractivity contribution in [3.63, 3.8) is 0 Å². The Morgan fingerprint density at radius 1 is 0.968 bits per heavy atom. The third kappa shape index (κ3) is 2.66. The number of rotatable bonds is 1. The van der Waals surface area contributed by atoms with E-state index in [2.05, 4.69) is 47.5 Å². The van der Waals surface area contributed by atoms with Crippen LogP contribution in [0.15, 0.2) is 70.5 Å². The summed E-state index contributed by atoms with van der Waals surface area (Å²) in [5, 5.41) is 12.8. The van der Waals surface area contributed by atoms with Gasteiger partial charge < -0.3 is 10.0 Å². The first-order valence-corrected chi connectivity index (χ1v) is 11.5. The SMILES string of the molecule is O=C1c2c(O)c(=O)ccn2N([C@@H]2c3ccccc3CSc3ccccc32)[C@H]2CCCN12. The number of fused-ring (bicyclic) bond motifs is 4. The molecule has 3 aliphatic rings. The molecule has 3 aliphatic heterocycles. The maximum absolute atomic E-state index is 13.2. The first-order valence-electron chi connectivity index (χ1n) is 10.5. The molecule has 0 bridgehead atoms. The maximum atomic E-state index is 13.2. The Balaban J connectivity index is 1.66. The highest BCUT2D eigenvalue weighted by molar-refractivity contribution is 7.98. The van der Waals surface area contributed by atoms with Crippen LogP contribution in [0.3, 0.4) is 0 Å². The van der Waals surface area contributed by atoms with Crippen LogP contribution in [-0.4, -0.2) is 33.3 Å². The summed E-state index contributed by atoms with van der Waals surface area (Å²) in [6.45, 7) is 0.618. The molecular formula is C24H21N3O3S. The van der Waals surface area contributed by atoms with Gasteiger partial charge in [-0.05, 0) is 35.6 Å². The number of hydrogen-bond donors (Lipinski definition) is 1. The van der Waals surface area contributed by atoms with Crippen molar-refractivity contribution < 1.29 is 9.90 Å². The van der Waals surface area contributed by atoms with Gasteiger partial charge >= 0.3 is 0 Å². The lowest BCUT2D eigenvalue weighted by Gasteiger charge is -2.47. The topological polar surface area (TPSA) is 65.8 Å². The lowest BCUT2D eigenvalue weighted by atomic mass is 9.93. The highest BCUT2D eigenvalue weighted by atomic mass is 32.2. The van der Waals surface area contributed by atoms with Crippen LogP contribution in [0.2, 0.25) is 0 Å². The lowest BCUT2D eigenvalue weighted by Crippen LogP contribution is -2.60. The van der Waals surface area contributed by atoms with E-state index in [0.29, 0.717) is 6.54 Å². The minimum absolute atomic E-state index is 0.0533. The van der Waals surface area contributed by atoms with Crippen LogP contribution in [0.1, 0.15) is 46.1 Å². The number of aromatic hydroxyl groups is 1. The fourth-order valence-corrected chi connectivity index (χ4v) is 6.22. The van der Waals surface area contributed by atoms with E-state index in [9.17, 15) is 14.7 Å². The molecule has 0 radical (unpaired) electrons. The second kappa shape index (κ2) is 6.92. The van der Waals surface area contributed by atoms with Crippen LogP contribution in [-0.2, 0) is 5.75 Å². The average molecular weight is 432 g/mol. The summed E-state index contributed by atoms with van der Waals surface area (Å²) < 4.78 is 1.72. The van der Waals surface area contributed by atoms with Crippen molar-refractivity contribution in [1.29, 1.82) is 0 Å². The molecule has 0 unspecified atom stereocenters. The zero-order valence-corrected chi connectivity index (χ0v) is 17.6. The minimum Gasteiger partial charge on any atom is -0.502 e. The van der Waals surface area contributed by atoms with Crippen molar-refractivity contribution in [3.05, 3.63) is 93.4 Å². The first kappa shape index (κ1) is 18.6. The van der Waals surface area contributed by atoms with E-state index >= 15 is 0 Å². The molecular weight excluding hydrogens is 410 g/mol. The summed E-state index contributed by atoms with van der Waals surface area (Å²) in [6, 6.07) is 18.0. The Bertz CT molecular complexity index is 1220. The molecule has 4 heterocycles. The van der Waals surface area contributed by atoms with Gasteiger partial charge in [0.15, 0.2) is 11.4 Å². The van der Waals surface area contributed by atoms with Crippen molar-refractivity contribution in [2.75, 3.05) is 11.6 Å². The third-order valence-corrected chi connectivity index (χ3v) is 7.64. The van der Waals surface area contributed by atoms with Crippen molar-refractivity contribution in [3.8, 4) is 5.75 Å². The number of aromatic nitrogens is 1. The Labute approximate surface area is 183 Å². The third-order valence-electron chi connectivity index (χ3n) is 6.50. The van der Waals surface area contributed by atoms with Crippen LogP contribution >= 0.6 is 11.8 Å². The number of thioether (sulfide) groups is 1. The summed E-state index contributed by atoms with van der Waals surface area (Å²) >= 11 is 1.82. The summed E-state index contributed by atoms with van der Waals surface area (Å²) in [5.74, 6) is 0.110. The van der Waals surface area contributed by atoms with E-state index < -0.39 is 11.2 Å². The van der Waals surface area contributed by atoms with E-state index in [-0.39, 0.29) is 23.8 Å². The minimum atomic E-state index is -0.533. The standard InChI is InChI=1S/C24H21N3O3S/c28-18-11-13-26-22(23(18)29)24(30)25-12-5-10-20(25)27(26)21-16-7-2-1-6-15(16)14-31-19-9-4-3-8-17(19)21/h1-4,6-9,11,13,20-21,29H,5,10,12,14H2/t20-,21+/m0/s1. The molecule has 7 heteroatoms. The van der Waals surface area contributed by atoms with Crippen LogP contribution in [0, 0.1) is 0 Å². The number of amides is 1. The molecule has 1 N–H and O–H groups in total. The van der Waals surface area contributed by atoms with Crippen molar-refractivity contribution in [2.24, 2.45) is 0 Å². The number of nitrogens with zero attached hydrogens (tertiary/aromatic N) is 3. The number of carbonyl (C=O) groups is 1. The van der Waals surface area contributed by atoms with E-state index in [1.807, 2.05) is 17.8 Å². The fraction of sp³-hybridized carbons (Fsp3) is 0.250. The largest absolute Gasteiger partial charge is 0.502 e. The van der Waals surface area contributed by atoms with Crippen LogP contribution < -0.4 is 10.4 Å². The van der Waals surface area contributed by atoms with Crippen LogP contribution in [0.5, 0.6) is 5.75 Å². The van der Waals surface area contributed by atoms with Gasteiger partial charge in [-0.1, -0.05) is 42.5 Å². The summed E-state index contributed by atoms with van der Waals surface area (Å²) in [4.78, 5) is 28.5. The van der Waals surface area contributed by atoms with Gasteiger partial charge in [-0.25, -0.2) is 0 Å². The van der Waals surface area contributed by atoms with Gasteiger partial charge in [0, 0.05) is 29.5 Å². The zero-order valence-electron chi connectivity index (χ0n) is 16.8. The second-order valence-electron chi connectivity index (χ2n) is 8.15. The Morgan fingerprint density at radius 2 is 1.74 bits per heavy atom. The summed E-state index contributed by atoms with van der Waals surface area (Å²) in [5.41, 5.74) is 3.13. The molecule has 1 fully saturated rings. The summed E-state index contributed by atoms with van der Waals surface area (Å²) in [6.07, 6.45) is 3.22. The highest BCUT2D eigenvalue weighted by Crippen LogP contribution is 2.45. The first-order chi connectivity index (χ1) is 15.1. The van der Waals surface area contributed by atoms with E-state index in [1.54, 1.807) is 15.8 Å². The zero-order chi connectivity index (χ0) is 21.1. The molecule has 0 saturated carbocycles. The quantitative estimate of drug-likeness (QED) is 0.639. The Morgan fingerprint density at radius 3 is 2.61 bits per heavy atom. The molecule has 6 nitrogen and oxygen atoms in total. The average Bonchev–Trinajstić information content (AvgIpc) is 3.22. The van der Waals surface area contributed by atoms with Gasteiger partial charge in [0.05, 0.1) is 6.04 Å². The number of pyridine rings is 1. The number of benzene rings is 2. The molecule has 1 saturated heterocycles. The van der Waals surface area contributed by atoms with Crippen molar-refractivity contribution in [1.82, 2.24) is 9.58 Å². The van der Waals surface area contributed by atoms with E-state index in [4.69, 9.17) is 0 Å². The van der Waals surface area contributed by atoms with Crippen LogP contribution in [0.25, 0.3) is 0 Å². The van der Waals surface area contributed by atoms with Gasteiger partial charge in [0.2, 0.25) is 5.43 Å². The second-order valence-corrected chi connectivity index (χ2v) is 9.17. The normalized spacial score (nSPS) is 21.7. The molecule has 1 amide bonds. The van der Waals surface area contributed by atoms with Gasteiger partial charge in [0.1, 0.15) is 6.17 Å². The van der Waals surface area contributed by atoms with Crippen molar-refractivity contribution >= 4 is 17.7 Å². The Kier molecular flexibility index (Phi) is 4.14. The molecule has 3 aromatic rings. The maximum Gasteiger partial charge on any atom is 0.278 e. The number of carbonyl (C=O) groups excluding carboxylic acids is 1. The predicted molar refractivity (Wildman–Crippen MR) is 119 cm³/mol. The molecule has 0 aliphatic carbocycles. The molecule has 2 atom stereocenters. The van der Waals surface area contributed by atoms with Gasteiger partial charge in [-0.2, -0.15) is 0 Å². The fourth-order valence-electron chi connectivity index (χ4n) is 5.12. The molecule has 0 spiro atoms. The predicted octanol–water partition coefficient (Wildman–Crippen LogP) is 3.46. The molecule has 6 rings (SSSR count). The lowest BCUT2D eigenvalue weighted by molar-refractivity contribution is 0.0634. The summed E-state index contributed by atoms with van der Waals surface area (Å²) in [7, 11) is 0. The molecule has 1 aromatic heterocycles.